The Balaban J connectivity index is 0. The van der Waals surface area contributed by atoms with Crippen molar-refractivity contribution in [3.63, 3.8) is 0 Å². The van der Waals surface area contributed by atoms with Gasteiger partial charge in [-0.05, 0) is 0 Å². The molecular formula is C16H36O2. The second kappa shape index (κ2) is 22.1. The van der Waals surface area contributed by atoms with Gasteiger partial charge in [-0.1, -0.05) is 90.9 Å². The van der Waals surface area contributed by atoms with Crippen molar-refractivity contribution in [3.8, 4) is 0 Å². The Labute approximate surface area is 115 Å². The van der Waals surface area contributed by atoms with E-state index in [0.29, 0.717) is 0 Å². The van der Waals surface area contributed by atoms with E-state index in [4.69, 9.17) is 0 Å². The molecule has 0 spiro atoms. The van der Waals surface area contributed by atoms with Crippen molar-refractivity contribution in [3.05, 3.63) is 0 Å². The summed E-state index contributed by atoms with van der Waals surface area (Å²) in [6, 6.07) is 0. The van der Waals surface area contributed by atoms with Crippen molar-refractivity contribution in [1.29, 1.82) is 0 Å². The van der Waals surface area contributed by atoms with E-state index in [-0.39, 0.29) is 0 Å². The van der Waals surface area contributed by atoms with E-state index in [1.165, 1.54) is 91.3 Å². The molecule has 2 heteroatoms. The minimum absolute atomic E-state index is 1.46. The second-order valence-corrected chi connectivity index (χ2v) is 4.58. The molecule has 0 aromatic carbocycles. The van der Waals surface area contributed by atoms with Crippen LogP contribution in [0.5, 0.6) is 0 Å². The van der Waals surface area contributed by atoms with Gasteiger partial charge in [0.2, 0.25) is 0 Å². The molecule has 2 nitrogen and oxygen atoms in total. The largest absolute Gasteiger partial charge is 0.240 e. The third-order valence-electron chi connectivity index (χ3n) is 3.17. The highest BCUT2D eigenvalue weighted by Crippen LogP contribution is 2.15. The molecule has 18 heavy (non-hydrogen) atoms. The first-order chi connectivity index (χ1) is 8.91. The smallest absolute Gasteiger partial charge is 0.0712 e. The highest BCUT2D eigenvalue weighted by Gasteiger charge is 1.96. The van der Waals surface area contributed by atoms with Gasteiger partial charge in [-0.15, -0.1) is 0 Å². The lowest BCUT2D eigenvalue weighted by molar-refractivity contribution is -0.248. The maximum Gasteiger partial charge on any atom is 0.0712 e. The zero-order valence-electron chi connectivity index (χ0n) is 13.3. The van der Waals surface area contributed by atoms with Crippen LogP contribution < -0.4 is 0 Å². The van der Waals surface area contributed by atoms with Gasteiger partial charge in [0.15, 0.2) is 0 Å². The summed E-state index contributed by atoms with van der Waals surface area (Å²) in [4.78, 5) is 8.08. The first-order valence-corrected chi connectivity index (χ1v) is 7.98. The molecule has 2 rings (SSSR count). The van der Waals surface area contributed by atoms with Crippen molar-refractivity contribution in [2.75, 3.05) is 14.2 Å². The number of hydrogen-bond acceptors (Lipinski definition) is 2. The molecule has 0 radical (unpaired) electrons. The summed E-state index contributed by atoms with van der Waals surface area (Å²) in [5, 5.41) is 0. The Morgan fingerprint density at radius 3 is 0.556 bits per heavy atom. The highest BCUT2D eigenvalue weighted by atomic mass is 17.2. The summed E-state index contributed by atoms with van der Waals surface area (Å²) in [5.41, 5.74) is 0. The summed E-state index contributed by atoms with van der Waals surface area (Å²) in [5.74, 6) is 0. The molecule has 0 heterocycles. The predicted octanol–water partition coefficient (Wildman–Crippen LogP) is 5.90. The molecule has 0 atom stereocenters. The van der Waals surface area contributed by atoms with Crippen LogP contribution in [0.1, 0.15) is 90.9 Å². The van der Waals surface area contributed by atoms with Crippen LogP contribution in [0.15, 0.2) is 0 Å². The molecule has 2 aliphatic rings. The molecule has 2 aliphatic carbocycles. The van der Waals surface area contributed by atoms with E-state index in [1.54, 1.807) is 0 Å². The molecular weight excluding hydrogens is 224 g/mol. The van der Waals surface area contributed by atoms with Crippen LogP contribution in [0.3, 0.4) is 0 Å². The van der Waals surface area contributed by atoms with Crippen LogP contribution in [0.4, 0.5) is 0 Å². The zero-order chi connectivity index (χ0) is 13.9. The molecule has 0 N–H and O–H groups in total. The summed E-state index contributed by atoms with van der Waals surface area (Å²) in [7, 11) is 2.92. The molecule has 0 amide bonds. The van der Waals surface area contributed by atoms with Gasteiger partial charge in [0.25, 0.3) is 0 Å². The normalized spacial score (nSPS) is 18.0. The fraction of sp³-hybridized carbons (Fsp3) is 1.00. The number of hydrogen-bond donors (Lipinski definition) is 0. The summed E-state index contributed by atoms with van der Waals surface area (Å²) >= 11 is 0. The molecule has 0 aromatic rings. The maximum atomic E-state index is 4.04. The standard InChI is InChI=1S/2C6H12.C2H6O2.C2H6/c2*1-2-4-6-5-3-1;1-3-4-2;1-2/h2*1-6H2;1-2H3;1-2H3. The fourth-order valence-electron chi connectivity index (χ4n) is 2.12. The Kier molecular flexibility index (Phi) is 24.9. The molecule has 0 aliphatic heterocycles. The van der Waals surface area contributed by atoms with Crippen LogP contribution in [0, 0.1) is 0 Å². The maximum absolute atomic E-state index is 4.04. The Bertz CT molecular complexity index is 70.6. The average Bonchev–Trinajstić information content (AvgIpc) is 2.53. The lowest BCUT2D eigenvalue weighted by Gasteiger charge is -2.05. The van der Waals surface area contributed by atoms with Crippen molar-refractivity contribution >= 4 is 0 Å². The van der Waals surface area contributed by atoms with Gasteiger partial charge in [-0.25, -0.2) is 9.78 Å². The van der Waals surface area contributed by atoms with Crippen LogP contribution >= 0.6 is 0 Å². The monoisotopic (exact) mass is 260 g/mol. The Morgan fingerprint density at radius 1 is 0.389 bits per heavy atom. The zero-order valence-corrected chi connectivity index (χ0v) is 13.3. The molecule has 2 fully saturated rings. The van der Waals surface area contributed by atoms with Gasteiger partial charge in [0.05, 0.1) is 14.2 Å². The number of rotatable bonds is 1. The second-order valence-electron chi connectivity index (χ2n) is 4.58. The van der Waals surface area contributed by atoms with E-state index in [2.05, 4.69) is 9.78 Å². The van der Waals surface area contributed by atoms with E-state index < -0.39 is 0 Å². The molecule has 112 valence electrons. The quantitative estimate of drug-likeness (QED) is 0.431. The van der Waals surface area contributed by atoms with Crippen molar-refractivity contribution in [1.82, 2.24) is 0 Å². The first kappa shape index (κ1) is 20.2. The topological polar surface area (TPSA) is 18.5 Å². The third-order valence-corrected chi connectivity index (χ3v) is 3.17. The van der Waals surface area contributed by atoms with Crippen molar-refractivity contribution in [2.45, 2.75) is 90.9 Å². The van der Waals surface area contributed by atoms with Crippen molar-refractivity contribution in [2.24, 2.45) is 0 Å². The Hall–Kier alpha value is -0.0800. The van der Waals surface area contributed by atoms with Gasteiger partial charge in [0.1, 0.15) is 0 Å². The van der Waals surface area contributed by atoms with E-state index in [9.17, 15) is 0 Å². The van der Waals surface area contributed by atoms with Crippen LogP contribution in [-0.2, 0) is 9.78 Å². The van der Waals surface area contributed by atoms with Gasteiger partial charge in [0, 0.05) is 0 Å². The van der Waals surface area contributed by atoms with Gasteiger partial charge in [-0.3, -0.25) is 0 Å². The third kappa shape index (κ3) is 21.2. The van der Waals surface area contributed by atoms with Crippen LogP contribution in [0.25, 0.3) is 0 Å². The van der Waals surface area contributed by atoms with Gasteiger partial charge < -0.3 is 0 Å². The summed E-state index contributed by atoms with van der Waals surface area (Å²) < 4.78 is 0. The van der Waals surface area contributed by atoms with Crippen molar-refractivity contribution < 1.29 is 9.78 Å². The van der Waals surface area contributed by atoms with Crippen LogP contribution in [-0.4, -0.2) is 14.2 Å². The van der Waals surface area contributed by atoms with E-state index in [0.717, 1.165) is 0 Å². The first-order valence-electron chi connectivity index (χ1n) is 7.98. The highest BCUT2D eigenvalue weighted by molar-refractivity contribution is 4.51. The van der Waals surface area contributed by atoms with E-state index in [1.807, 2.05) is 13.8 Å². The molecule has 0 aromatic heterocycles. The van der Waals surface area contributed by atoms with Gasteiger partial charge >= 0.3 is 0 Å². The lowest BCUT2D eigenvalue weighted by atomic mass is 10.0. The molecule has 0 bridgehead atoms. The molecule has 2 saturated carbocycles. The minimum atomic E-state index is 1.46. The fourth-order valence-corrected chi connectivity index (χ4v) is 2.12. The van der Waals surface area contributed by atoms with E-state index >= 15 is 0 Å². The predicted molar refractivity (Wildman–Crippen MR) is 80.8 cm³/mol. The SMILES string of the molecule is C1CCCCC1.C1CCCCC1.CC.COOC. The summed E-state index contributed by atoms with van der Waals surface area (Å²) in [6.45, 7) is 4.00. The average molecular weight is 260 g/mol. The summed E-state index contributed by atoms with van der Waals surface area (Å²) in [6.07, 6.45) is 18.0. The lowest BCUT2D eigenvalue weighted by Crippen LogP contribution is -1.85. The molecule has 0 unspecified atom stereocenters. The van der Waals surface area contributed by atoms with Crippen LogP contribution in [0.2, 0.25) is 0 Å². The Morgan fingerprint density at radius 2 is 0.500 bits per heavy atom. The molecule has 0 saturated heterocycles. The minimum Gasteiger partial charge on any atom is -0.240 e. The van der Waals surface area contributed by atoms with Gasteiger partial charge in [-0.2, -0.15) is 0 Å².